The van der Waals surface area contributed by atoms with Gasteiger partial charge in [-0.1, -0.05) is 34.1 Å². The third-order valence-corrected chi connectivity index (χ3v) is 5.20. The van der Waals surface area contributed by atoms with Gasteiger partial charge >= 0.3 is 0 Å². The van der Waals surface area contributed by atoms with Crippen LogP contribution in [0.3, 0.4) is 0 Å². The van der Waals surface area contributed by atoms with Crippen molar-refractivity contribution < 1.29 is 9.47 Å². The van der Waals surface area contributed by atoms with Crippen LogP contribution in [0.1, 0.15) is 0 Å². The van der Waals surface area contributed by atoms with Crippen molar-refractivity contribution in [2.45, 2.75) is 0 Å². The molecule has 3 aromatic rings. The number of hydrogen-bond acceptors (Lipinski definition) is 4. The molecular weight excluding hydrogens is 483 g/mol. The summed E-state index contributed by atoms with van der Waals surface area (Å²) < 4.78 is 12.8. The average molecular weight is 497 g/mol. The number of hydrogen-bond donors (Lipinski definition) is 0. The number of ether oxygens (including phenoxy) is 2. The Balaban J connectivity index is 2.24. The summed E-state index contributed by atoms with van der Waals surface area (Å²) in [6.45, 7) is 0. The Labute approximate surface area is 162 Å². The third kappa shape index (κ3) is 3.25. The van der Waals surface area contributed by atoms with Crippen LogP contribution in [-0.4, -0.2) is 24.2 Å². The zero-order chi connectivity index (χ0) is 17.1. The Kier molecular flexibility index (Phi) is 5.35. The van der Waals surface area contributed by atoms with Crippen molar-refractivity contribution in [3.05, 3.63) is 57.0 Å². The van der Waals surface area contributed by atoms with Crippen LogP contribution in [-0.2, 0) is 0 Å². The van der Waals surface area contributed by atoms with E-state index in [1.165, 1.54) is 0 Å². The molecule has 1 aromatic heterocycles. The second-order valence-electron chi connectivity index (χ2n) is 4.95. The van der Waals surface area contributed by atoms with Gasteiger partial charge in [-0.2, -0.15) is 0 Å². The van der Waals surface area contributed by atoms with Crippen molar-refractivity contribution in [2.75, 3.05) is 14.2 Å². The van der Waals surface area contributed by atoms with Gasteiger partial charge in [-0.15, -0.1) is 0 Å². The monoisotopic (exact) mass is 496 g/mol. The highest BCUT2D eigenvalue weighted by Crippen LogP contribution is 2.41. The molecule has 0 aliphatic heterocycles. The molecule has 0 radical (unpaired) electrons. The van der Waals surface area contributed by atoms with Crippen LogP contribution in [0.25, 0.3) is 22.4 Å². The van der Waals surface area contributed by atoms with Gasteiger partial charge in [-0.05, 0) is 40.8 Å². The van der Waals surface area contributed by atoms with Gasteiger partial charge < -0.3 is 9.47 Å². The minimum Gasteiger partial charge on any atom is -0.493 e. The van der Waals surface area contributed by atoms with E-state index in [-0.39, 0.29) is 0 Å². The lowest BCUT2D eigenvalue weighted by atomic mass is 10.0. The Morgan fingerprint density at radius 1 is 0.958 bits per heavy atom. The summed E-state index contributed by atoms with van der Waals surface area (Å²) in [6, 6.07) is 12.0. The molecule has 1 heterocycles. The largest absolute Gasteiger partial charge is 0.493 e. The van der Waals surface area contributed by atoms with E-state index in [0.29, 0.717) is 11.5 Å². The van der Waals surface area contributed by atoms with Crippen molar-refractivity contribution in [3.63, 3.8) is 0 Å². The van der Waals surface area contributed by atoms with E-state index in [4.69, 9.17) is 9.47 Å². The van der Waals surface area contributed by atoms with E-state index in [9.17, 15) is 0 Å². The fourth-order valence-corrected chi connectivity index (χ4v) is 3.63. The van der Waals surface area contributed by atoms with Crippen LogP contribution in [0, 0.1) is 3.57 Å². The molecule has 0 aliphatic carbocycles. The molecule has 0 N–H and O–H groups in total. The molecule has 0 fully saturated rings. The third-order valence-electron chi connectivity index (χ3n) is 3.60. The van der Waals surface area contributed by atoms with Crippen molar-refractivity contribution in [1.82, 2.24) is 9.97 Å². The predicted octanol–water partition coefficient (Wildman–Crippen LogP) is 5.19. The van der Waals surface area contributed by atoms with Crippen LogP contribution >= 0.6 is 38.5 Å². The first-order valence-corrected chi connectivity index (χ1v) is 8.99. The van der Waals surface area contributed by atoms with Crippen LogP contribution in [0.4, 0.5) is 0 Å². The highest BCUT2D eigenvalue weighted by Gasteiger charge is 2.17. The minimum atomic E-state index is 0.660. The van der Waals surface area contributed by atoms with Crippen molar-refractivity contribution in [2.24, 2.45) is 0 Å². The number of rotatable bonds is 4. The van der Waals surface area contributed by atoms with E-state index in [2.05, 4.69) is 60.6 Å². The minimum absolute atomic E-state index is 0.660. The molecule has 0 aliphatic rings. The molecule has 3 rings (SSSR count). The lowest BCUT2D eigenvalue weighted by Gasteiger charge is -2.14. The van der Waals surface area contributed by atoms with Gasteiger partial charge in [-0.3, -0.25) is 0 Å². The second kappa shape index (κ2) is 7.48. The maximum Gasteiger partial charge on any atom is 0.161 e. The van der Waals surface area contributed by atoms with E-state index in [1.807, 2.05) is 30.5 Å². The van der Waals surface area contributed by atoms with Gasteiger partial charge in [0, 0.05) is 30.9 Å². The standard InChI is InChI=1S/C18H14BrIN2O2/c1-23-16-7-12(14(19)8-17(16)24-2)13-9-21-10-22-18(13)11-5-3-4-6-15(11)20/h3-10H,1-2H3. The molecule has 0 spiro atoms. The topological polar surface area (TPSA) is 44.2 Å². The zero-order valence-corrected chi connectivity index (χ0v) is 16.8. The quantitative estimate of drug-likeness (QED) is 0.466. The second-order valence-corrected chi connectivity index (χ2v) is 6.97. The first-order chi connectivity index (χ1) is 11.7. The summed E-state index contributed by atoms with van der Waals surface area (Å²) in [4.78, 5) is 8.73. The average Bonchev–Trinajstić information content (AvgIpc) is 2.62. The molecule has 0 unspecified atom stereocenters. The summed E-state index contributed by atoms with van der Waals surface area (Å²) in [5.74, 6) is 1.33. The van der Waals surface area contributed by atoms with Gasteiger partial charge in [-0.25, -0.2) is 9.97 Å². The zero-order valence-electron chi connectivity index (χ0n) is 13.1. The molecule has 122 valence electrons. The fraction of sp³-hybridized carbons (Fsp3) is 0.111. The first kappa shape index (κ1) is 17.2. The highest BCUT2D eigenvalue weighted by atomic mass is 127. The Bertz CT molecular complexity index is 887. The molecule has 0 atom stereocenters. The van der Waals surface area contributed by atoms with Crippen molar-refractivity contribution >= 4 is 38.5 Å². The molecule has 0 bridgehead atoms. The van der Waals surface area contributed by atoms with Crippen LogP contribution in [0.2, 0.25) is 0 Å². The Morgan fingerprint density at radius 3 is 2.38 bits per heavy atom. The van der Waals surface area contributed by atoms with Gasteiger partial charge in [0.2, 0.25) is 0 Å². The SMILES string of the molecule is COc1cc(Br)c(-c2cncnc2-c2ccccc2I)cc1OC. The lowest BCUT2D eigenvalue weighted by Crippen LogP contribution is -1.96. The maximum absolute atomic E-state index is 5.43. The first-order valence-electron chi connectivity index (χ1n) is 7.12. The summed E-state index contributed by atoms with van der Waals surface area (Å²) >= 11 is 5.94. The highest BCUT2D eigenvalue weighted by molar-refractivity contribution is 14.1. The molecule has 0 saturated carbocycles. The number of halogens is 2. The van der Waals surface area contributed by atoms with Crippen LogP contribution in [0.5, 0.6) is 11.5 Å². The predicted molar refractivity (Wildman–Crippen MR) is 106 cm³/mol. The molecule has 24 heavy (non-hydrogen) atoms. The normalized spacial score (nSPS) is 10.5. The molecule has 0 saturated heterocycles. The molecule has 2 aromatic carbocycles. The van der Waals surface area contributed by atoms with E-state index in [1.54, 1.807) is 20.5 Å². The molecule has 4 nitrogen and oxygen atoms in total. The fourth-order valence-electron chi connectivity index (χ4n) is 2.46. The number of aromatic nitrogens is 2. The summed E-state index contributed by atoms with van der Waals surface area (Å²) in [7, 11) is 3.24. The van der Waals surface area contributed by atoms with E-state index < -0.39 is 0 Å². The van der Waals surface area contributed by atoms with Crippen LogP contribution in [0.15, 0.2) is 53.4 Å². The summed E-state index contributed by atoms with van der Waals surface area (Å²) in [6.07, 6.45) is 3.38. The number of methoxy groups -OCH3 is 2. The lowest BCUT2D eigenvalue weighted by molar-refractivity contribution is 0.355. The smallest absolute Gasteiger partial charge is 0.161 e. The molecular formula is C18H14BrIN2O2. The van der Waals surface area contributed by atoms with Crippen LogP contribution < -0.4 is 9.47 Å². The number of nitrogens with zero attached hydrogens (tertiary/aromatic N) is 2. The Morgan fingerprint density at radius 2 is 1.67 bits per heavy atom. The van der Waals surface area contributed by atoms with Crippen molar-refractivity contribution in [3.8, 4) is 33.9 Å². The maximum atomic E-state index is 5.43. The van der Waals surface area contributed by atoms with Gasteiger partial charge in [0.05, 0.1) is 19.9 Å². The number of benzene rings is 2. The molecule has 6 heteroatoms. The van der Waals surface area contributed by atoms with Gasteiger partial charge in [0.15, 0.2) is 11.5 Å². The summed E-state index contributed by atoms with van der Waals surface area (Å²) in [5.41, 5.74) is 3.82. The van der Waals surface area contributed by atoms with Gasteiger partial charge in [0.1, 0.15) is 6.33 Å². The molecule has 0 amide bonds. The van der Waals surface area contributed by atoms with Crippen molar-refractivity contribution in [1.29, 1.82) is 0 Å². The summed E-state index contributed by atoms with van der Waals surface area (Å²) in [5, 5.41) is 0. The van der Waals surface area contributed by atoms with Gasteiger partial charge in [0.25, 0.3) is 0 Å². The van der Waals surface area contributed by atoms with E-state index in [0.717, 1.165) is 30.4 Å². The van der Waals surface area contributed by atoms with E-state index >= 15 is 0 Å². The Hall–Kier alpha value is -1.67.